The number of nitrogens with one attached hydrogen (secondary N) is 1. The Balaban J connectivity index is 1.85. The van der Waals surface area contributed by atoms with E-state index in [0.717, 1.165) is 17.7 Å². The molecule has 0 spiro atoms. The minimum atomic E-state index is -0.0419. The third-order valence-electron chi connectivity index (χ3n) is 3.04. The minimum Gasteiger partial charge on any atom is -0.395 e. The second-order valence-corrected chi connectivity index (χ2v) is 5.52. The van der Waals surface area contributed by atoms with Crippen LogP contribution in [0.25, 0.3) is 0 Å². The van der Waals surface area contributed by atoms with E-state index in [9.17, 15) is 4.79 Å². The second-order valence-electron chi connectivity index (χ2n) is 4.44. The van der Waals surface area contributed by atoms with Crippen LogP contribution in [-0.4, -0.2) is 36.9 Å². The van der Waals surface area contributed by atoms with Gasteiger partial charge in [0.25, 0.3) is 5.91 Å². The molecule has 1 amide bonds. The SMILES string of the molecule is COC1CC(NC(=O)c2ccc(C#CCCO)s2)C1. The number of carbonyl (C=O) groups is 1. The summed E-state index contributed by atoms with van der Waals surface area (Å²) >= 11 is 1.38. The van der Waals surface area contributed by atoms with Crippen molar-refractivity contribution in [1.29, 1.82) is 0 Å². The van der Waals surface area contributed by atoms with Crippen LogP contribution in [0.5, 0.6) is 0 Å². The normalized spacial score (nSPS) is 21.2. The van der Waals surface area contributed by atoms with E-state index < -0.39 is 0 Å². The van der Waals surface area contributed by atoms with Crippen LogP contribution in [-0.2, 0) is 4.74 Å². The lowest BCUT2D eigenvalue weighted by Gasteiger charge is -2.34. The number of methoxy groups -OCH3 is 1. The van der Waals surface area contributed by atoms with E-state index >= 15 is 0 Å². The van der Waals surface area contributed by atoms with Gasteiger partial charge in [0, 0.05) is 19.6 Å². The fraction of sp³-hybridized carbons (Fsp3) is 0.500. The fourth-order valence-corrected chi connectivity index (χ4v) is 2.65. The van der Waals surface area contributed by atoms with E-state index in [1.807, 2.05) is 6.07 Å². The highest BCUT2D eigenvalue weighted by atomic mass is 32.1. The molecular formula is C14H17NO3S. The van der Waals surface area contributed by atoms with Crippen molar-refractivity contribution in [3.05, 3.63) is 21.9 Å². The fourth-order valence-electron chi connectivity index (χ4n) is 1.87. The van der Waals surface area contributed by atoms with Crippen LogP contribution in [0.1, 0.15) is 33.8 Å². The van der Waals surface area contributed by atoms with Gasteiger partial charge < -0.3 is 15.2 Å². The van der Waals surface area contributed by atoms with Gasteiger partial charge in [-0.25, -0.2) is 0 Å². The largest absolute Gasteiger partial charge is 0.395 e. The van der Waals surface area contributed by atoms with Gasteiger partial charge in [-0.3, -0.25) is 4.79 Å². The predicted octanol–water partition coefficient (Wildman–Crippen LogP) is 1.39. The molecule has 0 saturated heterocycles. The number of rotatable bonds is 4. The lowest BCUT2D eigenvalue weighted by atomic mass is 9.89. The summed E-state index contributed by atoms with van der Waals surface area (Å²) in [5, 5.41) is 11.6. The molecule has 102 valence electrons. The molecule has 2 rings (SSSR count). The molecular weight excluding hydrogens is 262 g/mol. The molecule has 1 aromatic heterocycles. The first kappa shape index (κ1) is 14.1. The number of thiophene rings is 1. The highest BCUT2D eigenvalue weighted by Crippen LogP contribution is 2.23. The van der Waals surface area contributed by atoms with Crippen molar-refractivity contribution in [1.82, 2.24) is 5.32 Å². The van der Waals surface area contributed by atoms with Gasteiger partial charge in [-0.2, -0.15) is 0 Å². The first-order chi connectivity index (χ1) is 9.22. The summed E-state index contributed by atoms with van der Waals surface area (Å²) in [6.07, 6.45) is 2.52. The molecule has 0 unspecified atom stereocenters. The molecule has 0 bridgehead atoms. The summed E-state index contributed by atoms with van der Waals surface area (Å²) in [4.78, 5) is 13.5. The van der Waals surface area contributed by atoms with Crippen molar-refractivity contribution in [2.24, 2.45) is 0 Å². The van der Waals surface area contributed by atoms with Crippen LogP contribution in [0.2, 0.25) is 0 Å². The van der Waals surface area contributed by atoms with Crippen LogP contribution < -0.4 is 5.32 Å². The van der Waals surface area contributed by atoms with E-state index in [1.165, 1.54) is 11.3 Å². The van der Waals surface area contributed by atoms with Crippen LogP contribution >= 0.6 is 11.3 Å². The molecule has 4 nitrogen and oxygen atoms in total. The molecule has 1 aliphatic rings. The topological polar surface area (TPSA) is 58.6 Å². The van der Waals surface area contributed by atoms with Gasteiger partial charge in [-0.05, 0) is 25.0 Å². The summed E-state index contributed by atoms with van der Waals surface area (Å²) in [7, 11) is 1.69. The monoisotopic (exact) mass is 279 g/mol. The highest BCUT2D eigenvalue weighted by Gasteiger charge is 2.30. The van der Waals surface area contributed by atoms with Crippen LogP contribution in [0, 0.1) is 11.8 Å². The predicted molar refractivity (Wildman–Crippen MR) is 74.2 cm³/mol. The van der Waals surface area contributed by atoms with Crippen LogP contribution in [0.3, 0.4) is 0 Å². The zero-order chi connectivity index (χ0) is 13.7. The minimum absolute atomic E-state index is 0.0419. The van der Waals surface area contributed by atoms with Crippen LogP contribution in [0.4, 0.5) is 0 Å². The Labute approximate surface area is 116 Å². The first-order valence-electron chi connectivity index (χ1n) is 6.26. The number of amides is 1. The standard InChI is InChI=1S/C14H17NO3S/c1-18-11-8-10(9-11)15-14(17)13-6-5-12(19-13)4-2-3-7-16/h5-6,10-11,16H,3,7-9H2,1H3,(H,15,17). The number of hydrogen-bond acceptors (Lipinski definition) is 4. The third kappa shape index (κ3) is 3.80. The maximum Gasteiger partial charge on any atom is 0.261 e. The van der Waals surface area contributed by atoms with E-state index in [1.54, 1.807) is 13.2 Å². The van der Waals surface area contributed by atoms with Gasteiger partial charge in [-0.1, -0.05) is 11.8 Å². The lowest BCUT2D eigenvalue weighted by molar-refractivity contribution is 0.0177. The molecule has 0 aliphatic heterocycles. The quantitative estimate of drug-likeness (QED) is 0.819. The van der Waals surface area contributed by atoms with Gasteiger partial charge >= 0.3 is 0 Å². The number of aliphatic hydroxyl groups excluding tert-OH is 1. The summed E-state index contributed by atoms with van der Waals surface area (Å²) in [6.45, 7) is 0.0636. The highest BCUT2D eigenvalue weighted by molar-refractivity contribution is 7.14. The van der Waals surface area contributed by atoms with Gasteiger partial charge in [0.15, 0.2) is 0 Å². The molecule has 1 fully saturated rings. The Bertz CT molecular complexity index is 494. The smallest absolute Gasteiger partial charge is 0.261 e. The number of hydrogen-bond donors (Lipinski definition) is 2. The zero-order valence-corrected chi connectivity index (χ0v) is 11.6. The molecule has 1 heterocycles. The molecule has 1 saturated carbocycles. The number of carbonyl (C=O) groups excluding carboxylic acids is 1. The Morgan fingerprint density at radius 3 is 3.05 bits per heavy atom. The lowest BCUT2D eigenvalue weighted by Crippen LogP contribution is -2.47. The van der Waals surface area contributed by atoms with E-state index in [4.69, 9.17) is 9.84 Å². The molecule has 2 N–H and O–H groups in total. The third-order valence-corrected chi connectivity index (χ3v) is 4.04. The van der Waals surface area contributed by atoms with Crippen molar-refractivity contribution < 1.29 is 14.6 Å². The average Bonchev–Trinajstić information content (AvgIpc) is 2.82. The average molecular weight is 279 g/mol. The van der Waals surface area contributed by atoms with Gasteiger partial charge in [-0.15, -0.1) is 11.3 Å². The molecule has 5 heteroatoms. The van der Waals surface area contributed by atoms with Crippen molar-refractivity contribution in [3.63, 3.8) is 0 Å². The first-order valence-corrected chi connectivity index (χ1v) is 7.07. The molecule has 1 aromatic rings. The number of aliphatic hydroxyl groups is 1. The molecule has 1 aliphatic carbocycles. The molecule has 0 radical (unpaired) electrons. The summed E-state index contributed by atoms with van der Waals surface area (Å²) < 4.78 is 5.18. The van der Waals surface area contributed by atoms with E-state index in [2.05, 4.69) is 17.2 Å². The number of ether oxygens (including phenoxy) is 1. The van der Waals surface area contributed by atoms with E-state index in [0.29, 0.717) is 11.3 Å². The van der Waals surface area contributed by atoms with E-state index in [-0.39, 0.29) is 24.7 Å². The van der Waals surface area contributed by atoms with Crippen LogP contribution in [0.15, 0.2) is 12.1 Å². The Kier molecular flexibility index (Phi) is 4.97. The zero-order valence-electron chi connectivity index (χ0n) is 10.8. The van der Waals surface area contributed by atoms with Gasteiger partial charge in [0.1, 0.15) is 0 Å². The Morgan fingerprint density at radius 1 is 1.58 bits per heavy atom. The maximum atomic E-state index is 12.0. The van der Waals surface area contributed by atoms with Gasteiger partial charge in [0.05, 0.1) is 22.5 Å². The van der Waals surface area contributed by atoms with Gasteiger partial charge in [0.2, 0.25) is 0 Å². The molecule has 19 heavy (non-hydrogen) atoms. The second kappa shape index (κ2) is 6.71. The van der Waals surface area contributed by atoms with Crippen molar-refractivity contribution in [3.8, 4) is 11.8 Å². The summed E-state index contributed by atoms with van der Waals surface area (Å²) in [5.74, 6) is 5.73. The van der Waals surface area contributed by atoms with Crippen molar-refractivity contribution in [2.45, 2.75) is 31.4 Å². The van der Waals surface area contributed by atoms with Crippen molar-refractivity contribution >= 4 is 17.2 Å². The Hall–Kier alpha value is -1.35. The van der Waals surface area contributed by atoms with Crippen molar-refractivity contribution in [2.75, 3.05) is 13.7 Å². The molecule has 0 aromatic carbocycles. The molecule has 0 atom stereocenters. The summed E-state index contributed by atoms with van der Waals surface area (Å²) in [5.41, 5.74) is 0. The Morgan fingerprint density at radius 2 is 2.37 bits per heavy atom. The maximum absolute atomic E-state index is 12.0. The summed E-state index contributed by atoms with van der Waals surface area (Å²) in [6, 6.07) is 3.85.